The second kappa shape index (κ2) is 7.24. The molecule has 0 amide bonds. The summed E-state index contributed by atoms with van der Waals surface area (Å²) in [6, 6.07) is 0.695. The Kier molecular flexibility index (Phi) is 6.20. The Morgan fingerprint density at radius 3 is 2.71 bits per heavy atom. The zero-order valence-corrected chi connectivity index (χ0v) is 9.72. The molecule has 0 aromatic carbocycles. The van der Waals surface area contributed by atoms with Crippen LogP contribution in [0.2, 0.25) is 0 Å². The molecular weight excluding hydrogens is 174 g/mol. The van der Waals surface area contributed by atoms with Crippen molar-refractivity contribution in [3.63, 3.8) is 0 Å². The van der Waals surface area contributed by atoms with Crippen LogP contribution in [0.5, 0.6) is 0 Å². The number of methoxy groups -OCH3 is 1. The van der Waals surface area contributed by atoms with Crippen LogP contribution in [-0.4, -0.2) is 26.3 Å². The molecule has 1 saturated carbocycles. The Morgan fingerprint density at radius 2 is 2.21 bits per heavy atom. The highest BCUT2D eigenvalue weighted by Gasteiger charge is 2.21. The average molecular weight is 199 g/mol. The molecule has 0 bridgehead atoms. The van der Waals surface area contributed by atoms with Gasteiger partial charge in [0.1, 0.15) is 0 Å². The standard InChI is InChI=1S/C12H25NO/c1-3-8-13-12(7-9-14-2)10-11-5-4-6-11/h11-13H,3-10H2,1-2H3. The predicted molar refractivity (Wildman–Crippen MR) is 60.5 cm³/mol. The fourth-order valence-electron chi connectivity index (χ4n) is 2.04. The summed E-state index contributed by atoms with van der Waals surface area (Å²) in [5.41, 5.74) is 0. The number of rotatable bonds is 8. The quantitative estimate of drug-likeness (QED) is 0.649. The summed E-state index contributed by atoms with van der Waals surface area (Å²) < 4.78 is 5.15. The minimum atomic E-state index is 0.695. The van der Waals surface area contributed by atoms with Crippen molar-refractivity contribution in [3.8, 4) is 0 Å². The second-order valence-electron chi connectivity index (χ2n) is 4.47. The van der Waals surface area contributed by atoms with Crippen LogP contribution in [-0.2, 0) is 4.74 Å². The van der Waals surface area contributed by atoms with Gasteiger partial charge in [-0.3, -0.25) is 0 Å². The van der Waals surface area contributed by atoms with Crippen LogP contribution in [0.4, 0.5) is 0 Å². The summed E-state index contributed by atoms with van der Waals surface area (Å²) >= 11 is 0. The van der Waals surface area contributed by atoms with Gasteiger partial charge in [0, 0.05) is 19.8 Å². The van der Waals surface area contributed by atoms with E-state index in [2.05, 4.69) is 12.2 Å². The summed E-state index contributed by atoms with van der Waals surface area (Å²) in [5, 5.41) is 3.62. The first-order valence-electron chi connectivity index (χ1n) is 6.09. The highest BCUT2D eigenvalue weighted by atomic mass is 16.5. The van der Waals surface area contributed by atoms with Gasteiger partial charge in [0.2, 0.25) is 0 Å². The molecule has 0 radical (unpaired) electrons. The minimum absolute atomic E-state index is 0.695. The van der Waals surface area contributed by atoms with Crippen molar-refractivity contribution >= 4 is 0 Å². The Labute approximate surface area is 88.4 Å². The first-order valence-corrected chi connectivity index (χ1v) is 6.09. The van der Waals surface area contributed by atoms with E-state index in [-0.39, 0.29) is 0 Å². The molecule has 0 aromatic rings. The minimum Gasteiger partial charge on any atom is -0.385 e. The van der Waals surface area contributed by atoms with Gasteiger partial charge < -0.3 is 10.1 Å². The zero-order valence-electron chi connectivity index (χ0n) is 9.72. The van der Waals surface area contributed by atoms with Crippen LogP contribution >= 0.6 is 0 Å². The lowest BCUT2D eigenvalue weighted by Crippen LogP contribution is -2.34. The van der Waals surface area contributed by atoms with Gasteiger partial charge in [-0.1, -0.05) is 26.2 Å². The molecule has 0 heterocycles. The molecule has 0 spiro atoms. The second-order valence-corrected chi connectivity index (χ2v) is 4.47. The van der Waals surface area contributed by atoms with E-state index in [4.69, 9.17) is 4.74 Å². The zero-order chi connectivity index (χ0) is 10.2. The molecule has 0 aromatic heterocycles. The van der Waals surface area contributed by atoms with Gasteiger partial charge in [0.25, 0.3) is 0 Å². The van der Waals surface area contributed by atoms with E-state index in [1.165, 1.54) is 38.5 Å². The van der Waals surface area contributed by atoms with Crippen molar-refractivity contribution in [2.75, 3.05) is 20.3 Å². The highest BCUT2D eigenvalue weighted by Crippen LogP contribution is 2.30. The van der Waals surface area contributed by atoms with Gasteiger partial charge >= 0.3 is 0 Å². The van der Waals surface area contributed by atoms with Crippen molar-refractivity contribution in [3.05, 3.63) is 0 Å². The summed E-state index contributed by atoms with van der Waals surface area (Å²) in [6.07, 6.45) is 8.13. The molecule has 0 aliphatic heterocycles. The Morgan fingerprint density at radius 1 is 1.43 bits per heavy atom. The van der Waals surface area contributed by atoms with Crippen molar-refractivity contribution < 1.29 is 4.74 Å². The Hall–Kier alpha value is -0.0800. The molecule has 1 unspecified atom stereocenters. The topological polar surface area (TPSA) is 21.3 Å². The lowest BCUT2D eigenvalue weighted by Gasteiger charge is -2.30. The van der Waals surface area contributed by atoms with Crippen LogP contribution in [0.1, 0.15) is 45.4 Å². The maximum absolute atomic E-state index is 5.15. The molecule has 1 aliphatic rings. The van der Waals surface area contributed by atoms with Crippen molar-refractivity contribution in [2.24, 2.45) is 5.92 Å². The third-order valence-corrected chi connectivity index (χ3v) is 3.20. The van der Waals surface area contributed by atoms with Gasteiger partial charge in [-0.05, 0) is 31.7 Å². The van der Waals surface area contributed by atoms with Crippen molar-refractivity contribution in [1.82, 2.24) is 5.32 Å². The third-order valence-electron chi connectivity index (χ3n) is 3.20. The Bertz CT molecular complexity index is 126. The average Bonchev–Trinajstić information content (AvgIpc) is 2.14. The lowest BCUT2D eigenvalue weighted by atomic mass is 9.80. The van der Waals surface area contributed by atoms with Crippen LogP contribution in [0.15, 0.2) is 0 Å². The SMILES string of the molecule is CCCNC(CCOC)CC1CCC1. The Balaban J connectivity index is 2.12. The maximum Gasteiger partial charge on any atom is 0.0477 e. The van der Waals surface area contributed by atoms with Crippen molar-refractivity contribution in [1.29, 1.82) is 0 Å². The third kappa shape index (κ3) is 4.43. The number of hydrogen-bond acceptors (Lipinski definition) is 2. The summed E-state index contributed by atoms with van der Waals surface area (Å²) in [6.45, 7) is 4.28. The highest BCUT2D eigenvalue weighted by molar-refractivity contribution is 4.77. The van der Waals surface area contributed by atoms with Crippen LogP contribution in [0, 0.1) is 5.92 Å². The van der Waals surface area contributed by atoms with E-state index in [1.807, 2.05) is 0 Å². The van der Waals surface area contributed by atoms with E-state index in [0.717, 1.165) is 19.1 Å². The first kappa shape index (κ1) is 12.0. The smallest absolute Gasteiger partial charge is 0.0477 e. The number of hydrogen-bond donors (Lipinski definition) is 1. The van der Waals surface area contributed by atoms with Crippen molar-refractivity contribution in [2.45, 2.75) is 51.5 Å². The fourth-order valence-corrected chi connectivity index (χ4v) is 2.04. The fraction of sp³-hybridized carbons (Fsp3) is 1.00. The molecule has 2 heteroatoms. The van der Waals surface area contributed by atoms with E-state index in [0.29, 0.717) is 6.04 Å². The molecule has 2 nitrogen and oxygen atoms in total. The van der Waals surface area contributed by atoms with Gasteiger partial charge in [-0.25, -0.2) is 0 Å². The largest absolute Gasteiger partial charge is 0.385 e. The molecule has 1 fully saturated rings. The monoisotopic (exact) mass is 199 g/mol. The van der Waals surface area contributed by atoms with Crippen LogP contribution < -0.4 is 5.32 Å². The molecule has 14 heavy (non-hydrogen) atoms. The summed E-state index contributed by atoms with van der Waals surface area (Å²) in [4.78, 5) is 0. The van der Waals surface area contributed by atoms with Crippen LogP contribution in [0.25, 0.3) is 0 Å². The molecule has 1 N–H and O–H groups in total. The number of nitrogens with one attached hydrogen (secondary N) is 1. The molecule has 1 rings (SSSR count). The molecule has 1 atom stereocenters. The van der Waals surface area contributed by atoms with Gasteiger partial charge in [0.15, 0.2) is 0 Å². The molecule has 84 valence electrons. The van der Waals surface area contributed by atoms with E-state index >= 15 is 0 Å². The maximum atomic E-state index is 5.15. The van der Waals surface area contributed by atoms with E-state index in [1.54, 1.807) is 7.11 Å². The normalized spacial score (nSPS) is 19.3. The first-order chi connectivity index (χ1) is 6.86. The van der Waals surface area contributed by atoms with E-state index in [9.17, 15) is 0 Å². The summed E-state index contributed by atoms with van der Waals surface area (Å²) in [5.74, 6) is 1.00. The van der Waals surface area contributed by atoms with Crippen LogP contribution in [0.3, 0.4) is 0 Å². The molecule has 0 saturated heterocycles. The number of ether oxygens (including phenoxy) is 1. The molecule has 1 aliphatic carbocycles. The lowest BCUT2D eigenvalue weighted by molar-refractivity contribution is 0.168. The van der Waals surface area contributed by atoms with Gasteiger partial charge in [-0.2, -0.15) is 0 Å². The molecular formula is C12H25NO. The van der Waals surface area contributed by atoms with E-state index < -0.39 is 0 Å². The predicted octanol–water partition coefficient (Wildman–Crippen LogP) is 2.58. The van der Waals surface area contributed by atoms with Gasteiger partial charge in [-0.15, -0.1) is 0 Å². The summed E-state index contributed by atoms with van der Waals surface area (Å²) in [7, 11) is 1.79. The van der Waals surface area contributed by atoms with Gasteiger partial charge in [0.05, 0.1) is 0 Å².